The van der Waals surface area contributed by atoms with Gasteiger partial charge in [0.15, 0.2) is 17.2 Å². The molecule has 35 heavy (non-hydrogen) atoms. The molecule has 0 bridgehead atoms. The molecule has 0 saturated heterocycles. The van der Waals surface area contributed by atoms with Crippen LogP contribution >= 0.6 is 0 Å². The number of aromatic hydroxyl groups is 3. The van der Waals surface area contributed by atoms with Crippen molar-refractivity contribution in [1.29, 1.82) is 0 Å². The summed E-state index contributed by atoms with van der Waals surface area (Å²) in [4.78, 5) is 1.97. The number of aryl methyl sites for hydroxylation is 6. The van der Waals surface area contributed by atoms with Gasteiger partial charge in [0.1, 0.15) is 11.5 Å². The van der Waals surface area contributed by atoms with Crippen molar-refractivity contribution >= 4 is 17.1 Å². The van der Waals surface area contributed by atoms with Crippen LogP contribution in [0.2, 0.25) is 0 Å². The zero-order valence-corrected chi connectivity index (χ0v) is 21.0. The van der Waals surface area contributed by atoms with E-state index in [9.17, 15) is 15.3 Å². The lowest BCUT2D eigenvalue weighted by Crippen LogP contribution is -2.14. The quantitative estimate of drug-likeness (QED) is 0.277. The highest BCUT2D eigenvalue weighted by molar-refractivity contribution is 5.85. The van der Waals surface area contributed by atoms with E-state index in [0.717, 1.165) is 44.8 Å². The molecule has 180 valence electrons. The summed E-state index contributed by atoms with van der Waals surface area (Å²) in [5.74, 6) is 1.37. The Hall–Kier alpha value is -4.12. The van der Waals surface area contributed by atoms with Gasteiger partial charge in [-0.15, -0.1) is 0 Å². The average Bonchev–Trinajstić information content (AvgIpc) is 2.81. The number of hydrogen-bond donors (Lipinski definition) is 3. The molecule has 4 aromatic rings. The Morgan fingerprint density at radius 2 is 1.06 bits per heavy atom. The largest absolute Gasteiger partial charge is 0.508 e. The first kappa shape index (κ1) is 24.0. The fraction of sp³-hybridized carbons (Fsp3) is 0.200. The van der Waals surface area contributed by atoms with Gasteiger partial charge >= 0.3 is 0 Å². The van der Waals surface area contributed by atoms with Gasteiger partial charge in [0.05, 0.1) is 17.1 Å². The lowest BCUT2D eigenvalue weighted by molar-refractivity contribution is 0.407. The van der Waals surface area contributed by atoms with Crippen LogP contribution < -0.4 is 9.64 Å². The maximum atomic E-state index is 10.7. The number of anilines is 3. The van der Waals surface area contributed by atoms with Crippen LogP contribution in [-0.4, -0.2) is 15.3 Å². The van der Waals surface area contributed by atoms with Crippen LogP contribution in [-0.2, 0) is 0 Å². The van der Waals surface area contributed by atoms with Crippen LogP contribution in [0, 0.1) is 41.5 Å². The molecule has 4 rings (SSSR count). The zero-order chi connectivity index (χ0) is 25.4. The number of nitrogens with zero attached hydrogens (tertiary/aromatic N) is 1. The van der Waals surface area contributed by atoms with Gasteiger partial charge in [-0.1, -0.05) is 36.4 Å². The molecule has 5 heteroatoms. The summed E-state index contributed by atoms with van der Waals surface area (Å²) < 4.78 is 6.35. The molecule has 4 aromatic carbocycles. The van der Waals surface area contributed by atoms with Crippen LogP contribution in [0.3, 0.4) is 0 Å². The highest BCUT2D eigenvalue weighted by atomic mass is 16.5. The van der Waals surface area contributed by atoms with Crippen molar-refractivity contribution in [2.24, 2.45) is 0 Å². The van der Waals surface area contributed by atoms with Gasteiger partial charge < -0.3 is 25.0 Å². The van der Waals surface area contributed by atoms with Crippen LogP contribution in [0.25, 0.3) is 0 Å². The Morgan fingerprint density at radius 3 is 1.63 bits per heavy atom. The standard InChI is InChI=1S/C30H31NO4/c1-17-11-12-18(2)30(29(17)34)35-28-10-8-7-9-23(28)31(24-15-26(32)21(5)13-19(24)3)25-16-27(33)22(6)14-20(25)4/h7-16,32-34H,1-6H3. The van der Waals surface area contributed by atoms with Crippen molar-refractivity contribution in [3.63, 3.8) is 0 Å². The summed E-state index contributed by atoms with van der Waals surface area (Å²) in [7, 11) is 0. The van der Waals surface area contributed by atoms with Crippen molar-refractivity contribution in [3.8, 4) is 28.7 Å². The third-order valence-corrected chi connectivity index (χ3v) is 6.36. The molecule has 0 fully saturated rings. The highest BCUT2D eigenvalue weighted by Crippen LogP contribution is 2.47. The molecule has 3 N–H and O–H groups in total. The molecule has 0 spiro atoms. The van der Waals surface area contributed by atoms with E-state index in [0.29, 0.717) is 17.2 Å². The molecule has 5 nitrogen and oxygen atoms in total. The summed E-state index contributed by atoms with van der Waals surface area (Å²) in [5, 5.41) is 31.9. The van der Waals surface area contributed by atoms with Gasteiger partial charge in [-0.05, 0) is 87.1 Å². The minimum Gasteiger partial charge on any atom is -0.508 e. The number of phenols is 3. The molecule has 0 radical (unpaired) electrons. The second kappa shape index (κ2) is 9.26. The topological polar surface area (TPSA) is 73.2 Å². The van der Waals surface area contributed by atoms with Crippen LogP contribution in [0.15, 0.2) is 60.7 Å². The lowest BCUT2D eigenvalue weighted by Gasteiger charge is -2.30. The van der Waals surface area contributed by atoms with E-state index in [2.05, 4.69) is 0 Å². The van der Waals surface area contributed by atoms with Gasteiger partial charge in [-0.3, -0.25) is 0 Å². The second-order valence-corrected chi connectivity index (χ2v) is 9.13. The van der Waals surface area contributed by atoms with Gasteiger partial charge in [-0.25, -0.2) is 0 Å². The smallest absolute Gasteiger partial charge is 0.172 e. The predicted molar refractivity (Wildman–Crippen MR) is 141 cm³/mol. The normalized spacial score (nSPS) is 10.9. The van der Waals surface area contributed by atoms with Crippen molar-refractivity contribution < 1.29 is 20.1 Å². The number of rotatable bonds is 5. The molecule has 0 unspecified atom stereocenters. The summed E-state index contributed by atoms with van der Waals surface area (Å²) in [6.07, 6.45) is 0. The van der Waals surface area contributed by atoms with E-state index in [1.165, 1.54) is 0 Å². The van der Waals surface area contributed by atoms with Crippen LogP contribution in [0.4, 0.5) is 17.1 Å². The molecular formula is C30H31NO4. The minimum absolute atomic E-state index is 0.0969. The molecule has 0 aliphatic carbocycles. The number of phenolic OH excluding ortho intramolecular Hbond substituents is 3. The fourth-order valence-corrected chi connectivity index (χ4v) is 4.27. The second-order valence-electron chi connectivity index (χ2n) is 9.13. The third kappa shape index (κ3) is 4.50. The molecule has 0 heterocycles. The molecule has 0 aliphatic rings. The lowest BCUT2D eigenvalue weighted by atomic mass is 10.0. The summed E-state index contributed by atoms with van der Waals surface area (Å²) in [5.41, 5.74) is 7.18. The van der Waals surface area contributed by atoms with Crippen molar-refractivity contribution in [2.45, 2.75) is 41.5 Å². The molecule has 0 aliphatic heterocycles. The predicted octanol–water partition coefficient (Wildman–Crippen LogP) is 7.92. The summed E-state index contributed by atoms with van der Waals surface area (Å²) in [6, 6.07) is 18.6. The first-order chi connectivity index (χ1) is 16.6. The molecule has 0 amide bonds. The Balaban J connectivity index is 1.99. The third-order valence-electron chi connectivity index (χ3n) is 6.36. The van der Waals surface area contributed by atoms with Crippen LogP contribution in [0.5, 0.6) is 28.7 Å². The van der Waals surface area contributed by atoms with Crippen molar-refractivity contribution in [2.75, 3.05) is 4.90 Å². The van der Waals surface area contributed by atoms with Crippen molar-refractivity contribution in [1.82, 2.24) is 0 Å². The molecule has 0 saturated carbocycles. The Morgan fingerprint density at radius 1 is 0.543 bits per heavy atom. The minimum atomic E-state index is 0.0969. The van der Waals surface area contributed by atoms with Gasteiger partial charge in [0.25, 0.3) is 0 Å². The maximum Gasteiger partial charge on any atom is 0.172 e. The summed E-state index contributed by atoms with van der Waals surface area (Å²) >= 11 is 0. The van der Waals surface area contributed by atoms with Gasteiger partial charge in [0, 0.05) is 12.1 Å². The van der Waals surface area contributed by atoms with Crippen molar-refractivity contribution in [3.05, 3.63) is 94.0 Å². The van der Waals surface area contributed by atoms with E-state index in [4.69, 9.17) is 4.74 Å². The molecule has 0 atom stereocenters. The maximum absolute atomic E-state index is 10.7. The van der Waals surface area contributed by atoms with Gasteiger partial charge in [0.2, 0.25) is 0 Å². The Labute approximate surface area is 206 Å². The number of ether oxygens (including phenoxy) is 1. The fourth-order valence-electron chi connectivity index (χ4n) is 4.27. The van der Waals surface area contributed by atoms with E-state index in [1.807, 2.05) is 95.0 Å². The number of benzene rings is 4. The average molecular weight is 470 g/mol. The zero-order valence-electron chi connectivity index (χ0n) is 21.0. The van der Waals surface area contributed by atoms with E-state index < -0.39 is 0 Å². The highest BCUT2D eigenvalue weighted by Gasteiger charge is 2.23. The molecule has 0 aromatic heterocycles. The SMILES string of the molecule is Cc1cc(C)c(N(c2cc(O)c(C)cc2C)c2ccccc2Oc2c(C)ccc(C)c2O)cc1O. The van der Waals surface area contributed by atoms with E-state index in [-0.39, 0.29) is 17.2 Å². The Kier molecular flexibility index (Phi) is 6.35. The van der Waals surface area contributed by atoms with Gasteiger partial charge in [-0.2, -0.15) is 0 Å². The monoisotopic (exact) mass is 469 g/mol. The first-order valence-corrected chi connectivity index (χ1v) is 11.5. The first-order valence-electron chi connectivity index (χ1n) is 11.5. The Bertz CT molecular complexity index is 1370. The van der Waals surface area contributed by atoms with E-state index in [1.54, 1.807) is 12.1 Å². The van der Waals surface area contributed by atoms with E-state index >= 15 is 0 Å². The molecular weight excluding hydrogens is 438 g/mol. The number of hydrogen-bond acceptors (Lipinski definition) is 5. The summed E-state index contributed by atoms with van der Waals surface area (Å²) in [6.45, 7) is 11.4. The number of para-hydroxylation sites is 2. The van der Waals surface area contributed by atoms with Crippen LogP contribution in [0.1, 0.15) is 33.4 Å².